The molecule has 0 aliphatic heterocycles. The minimum Gasteiger partial charge on any atom is -0.295 e. The quantitative estimate of drug-likeness (QED) is 0.291. The SMILES string of the molecule is C.C.C.C=CC(=O)CC.CC.CC.CCC(=O)N(C)OC.[W].[W]. The number of amides is 1. The van der Waals surface area contributed by atoms with Gasteiger partial charge in [0.15, 0.2) is 5.78 Å². The molecule has 0 aliphatic rings. The normalized spacial score (nSPS) is 5.57. The van der Waals surface area contributed by atoms with Gasteiger partial charge in [0.05, 0.1) is 7.11 Å². The molecule has 0 atom stereocenters. The second-order valence-electron chi connectivity index (χ2n) is 2.45. The molecule has 146 valence electrons. The molecule has 0 bridgehead atoms. The summed E-state index contributed by atoms with van der Waals surface area (Å²) in [6.45, 7) is 14.9. The molecule has 1 amide bonds. The van der Waals surface area contributed by atoms with Crippen molar-refractivity contribution >= 4 is 11.7 Å². The number of allylic oxidation sites excluding steroid dienone is 1. The summed E-state index contributed by atoms with van der Waals surface area (Å²) in [4.78, 5) is 25.2. The van der Waals surface area contributed by atoms with E-state index in [1.165, 1.54) is 18.2 Å². The summed E-state index contributed by atoms with van der Waals surface area (Å²) >= 11 is 0. The Morgan fingerprint density at radius 3 is 1.30 bits per heavy atom. The van der Waals surface area contributed by atoms with Crippen LogP contribution in [0.2, 0.25) is 0 Å². The number of nitrogens with zero attached hydrogens (tertiary/aromatic N) is 1. The minimum atomic E-state index is -0.00694. The van der Waals surface area contributed by atoms with Crippen LogP contribution < -0.4 is 0 Å². The van der Waals surface area contributed by atoms with Gasteiger partial charge in [-0.25, -0.2) is 5.06 Å². The first-order chi connectivity index (χ1) is 8.53. The van der Waals surface area contributed by atoms with E-state index in [2.05, 4.69) is 11.4 Å². The summed E-state index contributed by atoms with van der Waals surface area (Å²) in [7, 11) is 3.05. The van der Waals surface area contributed by atoms with Crippen molar-refractivity contribution in [3.8, 4) is 0 Å². The first-order valence-electron chi connectivity index (χ1n) is 6.49. The van der Waals surface area contributed by atoms with Crippen LogP contribution in [0.1, 0.15) is 76.7 Å². The van der Waals surface area contributed by atoms with E-state index in [1.54, 1.807) is 14.0 Å². The van der Waals surface area contributed by atoms with E-state index in [4.69, 9.17) is 0 Å². The Hall–Kier alpha value is 0.217. The van der Waals surface area contributed by atoms with Crippen LogP contribution in [0.3, 0.4) is 0 Å². The molecule has 0 saturated heterocycles. The maximum Gasteiger partial charge on any atom is 0.245 e. The van der Waals surface area contributed by atoms with Gasteiger partial charge in [-0.1, -0.05) is 70.4 Å². The van der Waals surface area contributed by atoms with Gasteiger partial charge in [-0.3, -0.25) is 14.4 Å². The third-order valence-electron chi connectivity index (χ3n) is 1.50. The smallest absolute Gasteiger partial charge is 0.245 e. The fourth-order valence-corrected chi connectivity index (χ4v) is 0.469. The number of hydrogen-bond donors (Lipinski definition) is 0. The Morgan fingerprint density at radius 2 is 1.26 bits per heavy atom. The molecule has 0 aromatic rings. The van der Waals surface area contributed by atoms with Crippen LogP contribution in [0.5, 0.6) is 0 Å². The number of rotatable bonds is 4. The van der Waals surface area contributed by atoms with Crippen molar-refractivity contribution in [1.82, 2.24) is 5.06 Å². The summed E-state index contributed by atoms with van der Waals surface area (Å²) in [5, 5.41) is 1.21. The maximum atomic E-state index is 10.5. The zero-order valence-electron chi connectivity index (χ0n) is 14.2. The van der Waals surface area contributed by atoms with Gasteiger partial charge in [-0.2, -0.15) is 0 Å². The Bertz CT molecular complexity index is 202. The first kappa shape index (κ1) is 56.7. The molecular weight excluding hydrogens is 634 g/mol. The van der Waals surface area contributed by atoms with E-state index in [-0.39, 0.29) is 76.1 Å². The van der Waals surface area contributed by atoms with Crippen molar-refractivity contribution in [1.29, 1.82) is 0 Å². The van der Waals surface area contributed by atoms with Crippen molar-refractivity contribution in [2.24, 2.45) is 0 Å². The largest absolute Gasteiger partial charge is 0.295 e. The van der Waals surface area contributed by atoms with E-state index in [1.807, 2.05) is 34.6 Å². The predicted octanol–water partition coefficient (Wildman–Crippen LogP) is 5.52. The van der Waals surface area contributed by atoms with Gasteiger partial charge < -0.3 is 0 Å². The summed E-state index contributed by atoms with van der Waals surface area (Å²) in [5.41, 5.74) is 0. The van der Waals surface area contributed by atoms with Crippen LogP contribution >= 0.6 is 0 Å². The molecule has 0 aromatic heterocycles. The van der Waals surface area contributed by atoms with Crippen molar-refractivity contribution in [2.45, 2.75) is 76.7 Å². The first-order valence-corrected chi connectivity index (χ1v) is 6.49. The van der Waals surface area contributed by atoms with Gasteiger partial charge >= 0.3 is 0 Å². The Kier molecular flexibility index (Phi) is 141. The molecule has 0 unspecified atom stereocenters. The van der Waals surface area contributed by atoms with Gasteiger partial charge in [0.25, 0.3) is 0 Å². The molecule has 0 N–H and O–H groups in total. The standard InChI is InChI=1S/C5H11NO2.C5H8O.2C2H6.3CH4.2W/c1-4-5(7)6(2)8-3;1-3-5(6)4-2;2*1-2;;;;;/h4H2,1-3H3;3H,1,4H2,2H3;2*1-2H3;3*1H4;;. The van der Waals surface area contributed by atoms with E-state index in [0.29, 0.717) is 12.8 Å². The molecule has 0 spiro atoms. The maximum absolute atomic E-state index is 10.5. The number of hydroxylamine groups is 2. The third kappa shape index (κ3) is 60.8. The fraction of sp³-hybridized carbons (Fsp3) is 0.765. The Morgan fingerprint density at radius 1 is 0.957 bits per heavy atom. The molecule has 0 rings (SSSR count). The fourth-order valence-electron chi connectivity index (χ4n) is 0.469. The van der Waals surface area contributed by atoms with Crippen molar-refractivity contribution < 1.29 is 56.6 Å². The van der Waals surface area contributed by atoms with Gasteiger partial charge in [0, 0.05) is 62.0 Å². The van der Waals surface area contributed by atoms with Crippen LogP contribution in [0, 0.1) is 0 Å². The van der Waals surface area contributed by atoms with Crippen LogP contribution in [-0.2, 0) is 56.6 Å². The van der Waals surface area contributed by atoms with Gasteiger partial charge in [0.2, 0.25) is 5.91 Å². The van der Waals surface area contributed by atoms with Gasteiger partial charge in [-0.15, -0.1) is 0 Å². The number of ketones is 1. The Labute approximate surface area is 176 Å². The van der Waals surface area contributed by atoms with Crippen LogP contribution in [-0.4, -0.2) is 30.9 Å². The molecule has 0 saturated carbocycles. The monoisotopic (exact) mass is 677 g/mol. The van der Waals surface area contributed by atoms with Crippen molar-refractivity contribution in [3.05, 3.63) is 12.7 Å². The predicted molar refractivity (Wildman–Crippen MR) is 98.5 cm³/mol. The second-order valence-corrected chi connectivity index (χ2v) is 2.45. The Balaban J connectivity index is -0.0000000171. The van der Waals surface area contributed by atoms with E-state index >= 15 is 0 Å². The molecule has 23 heavy (non-hydrogen) atoms. The second kappa shape index (κ2) is 57.3. The van der Waals surface area contributed by atoms with Crippen LogP contribution in [0.25, 0.3) is 0 Å². The van der Waals surface area contributed by atoms with Crippen LogP contribution in [0.4, 0.5) is 0 Å². The minimum absolute atomic E-state index is 0. The molecule has 0 heterocycles. The summed E-state index contributed by atoms with van der Waals surface area (Å²) in [6.07, 6.45) is 2.40. The average molecular weight is 677 g/mol. The number of hydrogen-bond acceptors (Lipinski definition) is 3. The zero-order chi connectivity index (χ0) is 15.6. The van der Waals surface area contributed by atoms with Gasteiger partial charge in [0.1, 0.15) is 0 Å². The van der Waals surface area contributed by atoms with E-state index in [0.717, 1.165) is 0 Å². The third-order valence-corrected chi connectivity index (χ3v) is 1.50. The van der Waals surface area contributed by atoms with Crippen LogP contribution in [0.15, 0.2) is 12.7 Å². The average Bonchev–Trinajstić information content (AvgIpc) is 2.49. The summed E-state index contributed by atoms with van der Waals surface area (Å²) in [6, 6.07) is 0. The molecule has 4 nitrogen and oxygen atoms in total. The zero-order valence-corrected chi connectivity index (χ0v) is 20.1. The topological polar surface area (TPSA) is 46.6 Å². The van der Waals surface area contributed by atoms with Gasteiger partial charge in [-0.05, 0) is 6.08 Å². The summed E-state index contributed by atoms with van der Waals surface area (Å²) < 4.78 is 0. The molecule has 0 radical (unpaired) electrons. The van der Waals surface area contributed by atoms with E-state index in [9.17, 15) is 9.59 Å². The molecule has 0 aromatic carbocycles. The molecule has 0 fully saturated rings. The van der Waals surface area contributed by atoms with Crippen molar-refractivity contribution in [3.63, 3.8) is 0 Å². The summed E-state index contributed by atoms with van der Waals surface area (Å²) in [5.74, 6) is 0.0995. The number of carbonyl (C=O) groups is 2. The molecular formula is C17H43NO3W2. The molecule has 6 heteroatoms. The molecule has 0 aliphatic carbocycles. The van der Waals surface area contributed by atoms with Crippen molar-refractivity contribution in [2.75, 3.05) is 14.2 Å². The van der Waals surface area contributed by atoms with E-state index < -0.39 is 0 Å². The number of carbonyl (C=O) groups excluding carboxylic acids is 2.